The average Bonchev–Trinajstić information content (AvgIpc) is 2.04. The number of carbonyl (C=O) groups is 1. The van der Waals surface area contributed by atoms with Crippen LogP contribution in [0.5, 0.6) is 0 Å². The van der Waals surface area contributed by atoms with Crippen molar-refractivity contribution in [3.05, 3.63) is 24.3 Å². The van der Waals surface area contributed by atoms with Gasteiger partial charge in [-0.25, -0.2) is 0 Å². The number of hydrogen-bond donors (Lipinski definition) is 1. The number of fused-ring (bicyclic) bond motifs is 1. The molecule has 0 aromatic rings. The van der Waals surface area contributed by atoms with Gasteiger partial charge in [-0.3, -0.25) is 4.79 Å². The van der Waals surface area contributed by atoms with Gasteiger partial charge in [-0.05, 0) is 5.57 Å². The molecule has 1 fully saturated rings. The third kappa shape index (κ3) is 0.428. The van der Waals surface area contributed by atoms with E-state index in [4.69, 9.17) is 0 Å². The maximum Gasteiger partial charge on any atom is 0.230 e. The van der Waals surface area contributed by atoms with E-state index in [-0.39, 0.29) is 17.9 Å². The fourth-order valence-electron chi connectivity index (χ4n) is 1.29. The first-order valence-electron chi connectivity index (χ1n) is 2.96. The van der Waals surface area contributed by atoms with Crippen LogP contribution in [0.4, 0.5) is 0 Å². The van der Waals surface area contributed by atoms with E-state index in [9.17, 15) is 4.79 Å². The van der Waals surface area contributed by atoms with Gasteiger partial charge in [0.2, 0.25) is 5.91 Å². The molecular formula is C7H7NO. The topological polar surface area (TPSA) is 29.1 Å². The molecule has 2 atom stereocenters. The van der Waals surface area contributed by atoms with Gasteiger partial charge >= 0.3 is 0 Å². The van der Waals surface area contributed by atoms with Crippen LogP contribution in [0.15, 0.2) is 24.3 Å². The highest BCUT2D eigenvalue weighted by atomic mass is 16.2. The zero-order valence-corrected chi connectivity index (χ0v) is 4.92. The summed E-state index contributed by atoms with van der Waals surface area (Å²) in [5.74, 6) is 0.194. The summed E-state index contributed by atoms with van der Waals surface area (Å²) in [5, 5.41) is 2.75. The van der Waals surface area contributed by atoms with Gasteiger partial charge in [-0.1, -0.05) is 18.7 Å². The average molecular weight is 121 g/mol. The first kappa shape index (κ1) is 4.79. The zero-order chi connectivity index (χ0) is 6.43. The smallest absolute Gasteiger partial charge is 0.230 e. The number of rotatable bonds is 0. The molecule has 1 saturated heterocycles. The molecule has 0 aromatic carbocycles. The summed E-state index contributed by atoms with van der Waals surface area (Å²) in [4.78, 5) is 10.7. The maximum absolute atomic E-state index is 10.7. The van der Waals surface area contributed by atoms with Crippen molar-refractivity contribution in [1.82, 2.24) is 5.32 Å². The Bertz CT molecular complexity index is 217. The molecule has 0 saturated carbocycles. The second-order valence-electron chi connectivity index (χ2n) is 2.45. The van der Waals surface area contributed by atoms with Crippen LogP contribution >= 0.6 is 0 Å². The van der Waals surface area contributed by atoms with Gasteiger partial charge in [0.15, 0.2) is 0 Å². The number of β-lactam (4-membered cyclic amide) rings is 1. The molecule has 0 aromatic heterocycles. The molecule has 2 unspecified atom stereocenters. The molecule has 1 aliphatic carbocycles. The molecule has 1 N–H and O–H groups in total. The number of amides is 1. The van der Waals surface area contributed by atoms with Crippen LogP contribution in [0.25, 0.3) is 0 Å². The molecule has 46 valence electrons. The lowest BCUT2D eigenvalue weighted by Gasteiger charge is -2.30. The van der Waals surface area contributed by atoms with Gasteiger partial charge in [0.25, 0.3) is 0 Å². The van der Waals surface area contributed by atoms with E-state index in [1.807, 2.05) is 12.2 Å². The van der Waals surface area contributed by atoms with Gasteiger partial charge in [0.05, 0.1) is 12.0 Å². The molecule has 2 heteroatoms. The van der Waals surface area contributed by atoms with E-state index in [0.29, 0.717) is 0 Å². The van der Waals surface area contributed by atoms with Crippen LogP contribution < -0.4 is 5.32 Å². The maximum atomic E-state index is 10.7. The molecule has 1 heterocycles. The molecule has 0 spiro atoms. The summed E-state index contributed by atoms with van der Waals surface area (Å²) in [5.41, 5.74) is 0.948. The van der Waals surface area contributed by atoms with Crippen molar-refractivity contribution in [2.24, 2.45) is 5.92 Å². The lowest BCUT2D eigenvalue weighted by Crippen LogP contribution is -2.55. The first-order chi connectivity index (χ1) is 4.29. The Hall–Kier alpha value is -1.05. The minimum Gasteiger partial charge on any atom is -0.348 e. The molecule has 0 radical (unpaired) electrons. The van der Waals surface area contributed by atoms with Crippen LogP contribution in [-0.2, 0) is 4.79 Å². The minimum absolute atomic E-state index is 0.0741. The molecule has 0 bridgehead atoms. The summed E-state index contributed by atoms with van der Waals surface area (Å²) in [7, 11) is 0. The molecule has 2 nitrogen and oxygen atoms in total. The summed E-state index contributed by atoms with van der Waals surface area (Å²) >= 11 is 0. The van der Waals surface area contributed by atoms with Crippen molar-refractivity contribution >= 4 is 5.91 Å². The second kappa shape index (κ2) is 1.26. The van der Waals surface area contributed by atoms with Crippen molar-refractivity contribution in [3.63, 3.8) is 0 Å². The fraction of sp³-hybridized carbons (Fsp3) is 0.286. The minimum atomic E-state index is 0.0741. The largest absolute Gasteiger partial charge is 0.348 e. The van der Waals surface area contributed by atoms with Crippen LogP contribution in [-0.4, -0.2) is 11.9 Å². The highest BCUT2D eigenvalue weighted by molar-refractivity contribution is 5.91. The van der Waals surface area contributed by atoms with Crippen molar-refractivity contribution in [2.75, 3.05) is 0 Å². The molecule has 1 amide bonds. The van der Waals surface area contributed by atoms with Gasteiger partial charge in [0, 0.05) is 0 Å². The lowest BCUT2D eigenvalue weighted by atomic mass is 9.91. The van der Waals surface area contributed by atoms with Crippen LogP contribution in [0, 0.1) is 5.92 Å². The number of nitrogens with one attached hydrogen (secondary N) is 1. The van der Waals surface area contributed by atoms with Crippen LogP contribution in [0.2, 0.25) is 0 Å². The molecule has 1 aliphatic heterocycles. The summed E-state index contributed by atoms with van der Waals surface area (Å²) in [6.07, 6.45) is 3.89. The molecule has 2 aliphatic rings. The Labute approximate surface area is 53.2 Å². The number of hydrogen-bond acceptors (Lipinski definition) is 1. The van der Waals surface area contributed by atoms with E-state index in [1.54, 1.807) is 0 Å². The second-order valence-corrected chi connectivity index (χ2v) is 2.45. The van der Waals surface area contributed by atoms with E-state index < -0.39 is 0 Å². The quantitative estimate of drug-likeness (QED) is 0.456. The molecular weight excluding hydrogens is 114 g/mol. The Balaban J connectivity index is 2.30. The van der Waals surface area contributed by atoms with Crippen molar-refractivity contribution in [2.45, 2.75) is 6.04 Å². The monoisotopic (exact) mass is 121 g/mol. The number of carbonyl (C=O) groups excluding carboxylic acids is 1. The predicted molar refractivity (Wildman–Crippen MR) is 33.7 cm³/mol. The van der Waals surface area contributed by atoms with Gasteiger partial charge in [-0.2, -0.15) is 0 Å². The Kier molecular flexibility index (Phi) is 0.673. The third-order valence-corrected chi connectivity index (χ3v) is 1.87. The fourth-order valence-corrected chi connectivity index (χ4v) is 1.29. The third-order valence-electron chi connectivity index (χ3n) is 1.87. The highest BCUT2D eigenvalue weighted by Crippen LogP contribution is 2.29. The Morgan fingerprint density at radius 2 is 2.44 bits per heavy atom. The Morgan fingerprint density at radius 1 is 1.67 bits per heavy atom. The predicted octanol–water partition coefficient (Wildman–Crippen LogP) is 0.227. The summed E-state index contributed by atoms with van der Waals surface area (Å²) in [6.45, 7) is 3.74. The summed E-state index contributed by atoms with van der Waals surface area (Å²) < 4.78 is 0. The van der Waals surface area contributed by atoms with Crippen molar-refractivity contribution in [1.29, 1.82) is 0 Å². The first-order valence-corrected chi connectivity index (χ1v) is 2.96. The molecule has 2 rings (SSSR count). The SMILES string of the molecule is C=C1C=CC2NC(=O)C12. The molecule has 9 heavy (non-hydrogen) atoms. The van der Waals surface area contributed by atoms with E-state index in [0.717, 1.165) is 5.57 Å². The van der Waals surface area contributed by atoms with Crippen LogP contribution in [0.1, 0.15) is 0 Å². The standard InChI is InChI=1S/C7H7NO/c1-4-2-3-5-6(4)7(9)8-5/h2-3,5-6H,1H2,(H,8,9). The van der Waals surface area contributed by atoms with E-state index >= 15 is 0 Å². The number of allylic oxidation sites excluding steroid dienone is 1. The van der Waals surface area contributed by atoms with Crippen molar-refractivity contribution < 1.29 is 4.79 Å². The lowest BCUT2D eigenvalue weighted by molar-refractivity contribution is -0.131. The summed E-state index contributed by atoms with van der Waals surface area (Å²) in [6, 6.07) is 0.269. The van der Waals surface area contributed by atoms with Gasteiger partial charge in [0.1, 0.15) is 0 Å². The normalized spacial score (nSPS) is 37.8. The van der Waals surface area contributed by atoms with E-state index in [1.165, 1.54) is 0 Å². The van der Waals surface area contributed by atoms with Gasteiger partial charge in [-0.15, -0.1) is 0 Å². The van der Waals surface area contributed by atoms with Crippen LogP contribution in [0.3, 0.4) is 0 Å². The van der Waals surface area contributed by atoms with E-state index in [2.05, 4.69) is 11.9 Å². The van der Waals surface area contributed by atoms with Gasteiger partial charge < -0.3 is 5.32 Å². The highest BCUT2D eigenvalue weighted by Gasteiger charge is 2.41. The zero-order valence-electron chi connectivity index (χ0n) is 4.92. The van der Waals surface area contributed by atoms with Crippen molar-refractivity contribution in [3.8, 4) is 0 Å². The Morgan fingerprint density at radius 3 is 2.89 bits per heavy atom.